The van der Waals surface area contributed by atoms with Crippen LogP contribution in [0.1, 0.15) is 18.4 Å². The molecule has 1 heterocycles. The molecule has 126 valence electrons. The highest BCUT2D eigenvalue weighted by Gasteiger charge is 2.30. The van der Waals surface area contributed by atoms with Crippen LogP contribution in [0, 0.1) is 5.92 Å². The van der Waals surface area contributed by atoms with E-state index in [0.29, 0.717) is 31.6 Å². The van der Waals surface area contributed by atoms with Crippen molar-refractivity contribution in [3.8, 4) is 0 Å². The first kappa shape index (κ1) is 17.3. The number of carbonyl (C=O) groups is 2. The van der Waals surface area contributed by atoms with Gasteiger partial charge in [0.2, 0.25) is 11.8 Å². The van der Waals surface area contributed by atoms with Crippen LogP contribution in [0.15, 0.2) is 24.3 Å². The van der Waals surface area contributed by atoms with E-state index in [1.807, 2.05) is 4.90 Å². The van der Waals surface area contributed by atoms with Crippen molar-refractivity contribution in [2.45, 2.75) is 19.0 Å². The number of benzene rings is 1. The summed E-state index contributed by atoms with van der Waals surface area (Å²) in [5, 5.41) is 2.63. The summed E-state index contributed by atoms with van der Waals surface area (Å²) in [4.78, 5) is 24.9. The Morgan fingerprint density at radius 2 is 1.74 bits per heavy atom. The molecule has 0 saturated carbocycles. The highest BCUT2D eigenvalue weighted by Crippen LogP contribution is 2.30. The maximum absolute atomic E-state index is 12.5. The maximum Gasteiger partial charge on any atom is 0.416 e. The van der Waals surface area contributed by atoms with E-state index in [1.165, 1.54) is 12.1 Å². The number of hydrogen-bond acceptors (Lipinski definition) is 3. The Labute approximate surface area is 131 Å². The molecule has 0 bridgehead atoms. The summed E-state index contributed by atoms with van der Waals surface area (Å²) in [5.41, 5.74) is 4.70. The van der Waals surface area contributed by atoms with Crippen LogP contribution in [-0.4, -0.2) is 36.3 Å². The lowest BCUT2D eigenvalue weighted by molar-refractivity contribution is -0.137. The Morgan fingerprint density at radius 1 is 1.17 bits per heavy atom. The van der Waals surface area contributed by atoms with Gasteiger partial charge in [-0.2, -0.15) is 13.2 Å². The number of carbonyl (C=O) groups excluding carboxylic acids is 2. The summed E-state index contributed by atoms with van der Waals surface area (Å²) < 4.78 is 37.4. The zero-order valence-corrected chi connectivity index (χ0v) is 12.4. The quantitative estimate of drug-likeness (QED) is 0.885. The second kappa shape index (κ2) is 6.99. The standard InChI is InChI=1S/C15H18F3N3O2/c16-15(17,18)11-1-3-12(4-2-11)20-14(23)10-5-7-21(8-6-10)9-13(19)22/h1-4,10H,5-9H2,(H2,19,22)(H,20,23). The third-order valence-electron chi connectivity index (χ3n) is 3.82. The number of rotatable bonds is 4. The number of anilines is 1. The van der Waals surface area contributed by atoms with E-state index in [0.717, 1.165) is 12.1 Å². The SMILES string of the molecule is NC(=O)CN1CCC(C(=O)Nc2ccc(C(F)(F)F)cc2)CC1. The topological polar surface area (TPSA) is 75.4 Å². The van der Waals surface area contributed by atoms with Gasteiger partial charge in [-0.1, -0.05) is 0 Å². The van der Waals surface area contributed by atoms with Gasteiger partial charge < -0.3 is 11.1 Å². The van der Waals surface area contributed by atoms with Gasteiger partial charge in [0.15, 0.2) is 0 Å². The van der Waals surface area contributed by atoms with Crippen molar-refractivity contribution in [2.75, 3.05) is 25.0 Å². The predicted molar refractivity (Wildman–Crippen MR) is 78.4 cm³/mol. The van der Waals surface area contributed by atoms with Crippen molar-refractivity contribution < 1.29 is 22.8 Å². The van der Waals surface area contributed by atoms with E-state index in [4.69, 9.17) is 5.73 Å². The van der Waals surface area contributed by atoms with Gasteiger partial charge in [0.25, 0.3) is 0 Å². The number of hydrogen-bond donors (Lipinski definition) is 2. The minimum atomic E-state index is -4.39. The van der Waals surface area contributed by atoms with Crippen LogP contribution in [-0.2, 0) is 15.8 Å². The third-order valence-corrected chi connectivity index (χ3v) is 3.82. The summed E-state index contributed by atoms with van der Waals surface area (Å²) in [6.07, 6.45) is -3.23. The summed E-state index contributed by atoms with van der Waals surface area (Å²) in [6, 6.07) is 4.35. The van der Waals surface area contributed by atoms with Gasteiger partial charge in [0, 0.05) is 11.6 Å². The van der Waals surface area contributed by atoms with Gasteiger partial charge in [0.05, 0.1) is 12.1 Å². The molecule has 2 amide bonds. The van der Waals surface area contributed by atoms with Crippen molar-refractivity contribution in [3.63, 3.8) is 0 Å². The molecular formula is C15H18F3N3O2. The summed E-state index contributed by atoms with van der Waals surface area (Å²) >= 11 is 0. The number of nitrogens with two attached hydrogens (primary N) is 1. The summed E-state index contributed by atoms with van der Waals surface area (Å²) in [5.74, 6) is -0.845. The molecule has 2 rings (SSSR count). The first-order valence-electron chi connectivity index (χ1n) is 7.24. The minimum absolute atomic E-state index is 0.174. The lowest BCUT2D eigenvalue weighted by Crippen LogP contribution is -2.42. The molecule has 0 aliphatic carbocycles. The molecule has 23 heavy (non-hydrogen) atoms. The minimum Gasteiger partial charge on any atom is -0.369 e. The van der Waals surface area contributed by atoms with E-state index in [2.05, 4.69) is 5.32 Å². The molecule has 1 aromatic carbocycles. The Bertz CT molecular complexity index is 564. The summed E-state index contributed by atoms with van der Waals surface area (Å²) in [6.45, 7) is 1.36. The van der Waals surface area contributed by atoms with Crippen molar-refractivity contribution in [1.82, 2.24) is 4.90 Å². The molecule has 1 aliphatic heterocycles. The number of alkyl halides is 3. The molecule has 0 spiro atoms. The molecule has 0 atom stereocenters. The number of nitrogens with one attached hydrogen (secondary N) is 1. The second-order valence-electron chi connectivity index (χ2n) is 5.58. The van der Waals surface area contributed by atoms with Crippen molar-refractivity contribution in [1.29, 1.82) is 0 Å². The largest absolute Gasteiger partial charge is 0.416 e. The van der Waals surface area contributed by atoms with Crippen molar-refractivity contribution in [3.05, 3.63) is 29.8 Å². The third kappa shape index (κ3) is 4.95. The fourth-order valence-corrected chi connectivity index (χ4v) is 2.56. The van der Waals surface area contributed by atoms with Crippen molar-refractivity contribution in [2.24, 2.45) is 11.7 Å². The van der Waals surface area contributed by atoms with Gasteiger partial charge in [0.1, 0.15) is 0 Å². The van der Waals surface area contributed by atoms with Gasteiger partial charge in [-0.25, -0.2) is 0 Å². The summed E-state index contributed by atoms with van der Waals surface area (Å²) in [7, 11) is 0. The zero-order chi connectivity index (χ0) is 17.0. The Kier molecular flexibility index (Phi) is 5.25. The number of piperidine rings is 1. The van der Waals surface area contributed by atoms with Gasteiger partial charge in [-0.15, -0.1) is 0 Å². The predicted octanol–water partition coefficient (Wildman–Crippen LogP) is 1.84. The zero-order valence-electron chi connectivity index (χ0n) is 12.4. The molecule has 1 aliphatic rings. The first-order chi connectivity index (χ1) is 10.8. The van der Waals surface area contributed by atoms with E-state index in [1.54, 1.807) is 0 Å². The van der Waals surface area contributed by atoms with Crippen LogP contribution < -0.4 is 11.1 Å². The average Bonchev–Trinajstić information content (AvgIpc) is 2.47. The smallest absolute Gasteiger partial charge is 0.369 e. The fourth-order valence-electron chi connectivity index (χ4n) is 2.56. The molecule has 5 nitrogen and oxygen atoms in total. The molecular weight excluding hydrogens is 311 g/mol. The lowest BCUT2D eigenvalue weighted by atomic mass is 9.95. The Balaban J connectivity index is 1.87. The van der Waals surface area contributed by atoms with E-state index >= 15 is 0 Å². The average molecular weight is 329 g/mol. The van der Waals surface area contributed by atoms with Crippen LogP contribution in [0.3, 0.4) is 0 Å². The Morgan fingerprint density at radius 3 is 2.22 bits per heavy atom. The number of amides is 2. The first-order valence-corrected chi connectivity index (χ1v) is 7.24. The van der Waals surface area contributed by atoms with E-state index in [-0.39, 0.29) is 18.4 Å². The van der Waals surface area contributed by atoms with E-state index in [9.17, 15) is 22.8 Å². The van der Waals surface area contributed by atoms with Crippen molar-refractivity contribution >= 4 is 17.5 Å². The van der Waals surface area contributed by atoms with Crippen LogP contribution in [0.2, 0.25) is 0 Å². The van der Waals surface area contributed by atoms with Crippen LogP contribution >= 0.6 is 0 Å². The van der Waals surface area contributed by atoms with E-state index < -0.39 is 17.6 Å². The molecule has 8 heteroatoms. The molecule has 0 radical (unpaired) electrons. The molecule has 1 fully saturated rings. The lowest BCUT2D eigenvalue weighted by Gasteiger charge is -2.30. The van der Waals surface area contributed by atoms with Crippen LogP contribution in [0.5, 0.6) is 0 Å². The maximum atomic E-state index is 12.5. The molecule has 1 aromatic rings. The van der Waals surface area contributed by atoms with Crippen LogP contribution in [0.25, 0.3) is 0 Å². The number of halogens is 3. The molecule has 1 saturated heterocycles. The fraction of sp³-hybridized carbons (Fsp3) is 0.467. The highest BCUT2D eigenvalue weighted by molar-refractivity contribution is 5.92. The number of likely N-dealkylation sites (tertiary alicyclic amines) is 1. The number of primary amides is 1. The molecule has 3 N–H and O–H groups in total. The molecule has 0 unspecified atom stereocenters. The highest BCUT2D eigenvalue weighted by atomic mass is 19.4. The molecule has 0 aromatic heterocycles. The second-order valence-corrected chi connectivity index (χ2v) is 5.58. The Hall–Kier alpha value is -2.09. The van der Waals surface area contributed by atoms with Gasteiger partial charge >= 0.3 is 6.18 Å². The van der Waals surface area contributed by atoms with Gasteiger partial charge in [-0.3, -0.25) is 14.5 Å². The van der Waals surface area contributed by atoms with Gasteiger partial charge in [-0.05, 0) is 50.2 Å². The normalized spacial score (nSPS) is 17.0. The van der Waals surface area contributed by atoms with Crippen LogP contribution in [0.4, 0.5) is 18.9 Å². The number of nitrogens with zero attached hydrogens (tertiary/aromatic N) is 1. The monoisotopic (exact) mass is 329 g/mol.